The monoisotopic (exact) mass is 274 g/mol. The summed E-state index contributed by atoms with van der Waals surface area (Å²) in [5.41, 5.74) is 0.0223. The molecule has 0 aliphatic heterocycles. The van der Waals surface area contributed by atoms with Gasteiger partial charge in [-0.2, -0.15) is 0 Å². The summed E-state index contributed by atoms with van der Waals surface area (Å²) in [6.07, 6.45) is 4.61. The smallest absolute Gasteiger partial charge is 0.154 e. The van der Waals surface area contributed by atoms with Crippen molar-refractivity contribution in [2.24, 2.45) is 5.92 Å². The van der Waals surface area contributed by atoms with E-state index >= 15 is 0 Å². The van der Waals surface area contributed by atoms with Crippen molar-refractivity contribution in [3.05, 3.63) is 0 Å². The average Bonchev–Trinajstić information content (AvgIpc) is 2.28. The SMILES string of the molecule is CCOC(C)OCCC(C)CCCC(C)(C)OCC. The summed E-state index contributed by atoms with van der Waals surface area (Å²) in [4.78, 5) is 0. The molecule has 2 atom stereocenters. The molecule has 3 heteroatoms. The van der Waals surface area contributed by atoms with Crippen molar-refractivity contribution in [1.82, 2.24) is 0 Å². The van der Waals surface area contributed by atoms with Gasteiger partial charge in [-0.05, 0) is 53.4 Å². The van der Waals surface area contributed by atoms with Gasteiger partial charge in [0.1, 0.15) is 0 Å². The molecular formula is C16H34O3. The number of hydrogen-bond donors (Lipinski definition) is 0. The first kappa shape index (κ1) is 18.9. The summed E-state index contributed by atoms with van der Waals surface area (Å²) in [5, 5.41) is 0. The molecule has 0 amide bonds. The van der Waals surface area contributed by atoms with Crippen molar-refractivity contribution < 1.29 is 14.2 Å². The minimum absolute atomic E-state index is 0.0223. The number of rotatable bonds is 12. The predicted octanol–water partition coefficient (Wildman–Crippen LogP) is 4.40. The minimum atomic E-state index is -0.0749. The van der Waals surface area contributed by atoms with E-state index in [1.54, 1.807) is 0 Å². The molecule has 0 rings (SSSR count). The highest BCUT2D eigenvalue weighted by Gasteiger charge is 2.17. The first-order valence-electron chi connectivity index (χ1n) is 7.78. The summed E-state index contributed by atoms with van der Waals surface area (Å²) >= 11 is 0. The van der Waals surface area contributed by atoms with Crippen LogP contribution in [0, 0.1) is 5.92 Å². The molecule has 0 aromatic heterocycles. The van der Waals surface area contributed by atoms with Gasteiger partial charge in [0.05, 0.1) is 5.60 Å². The zero-order valence-electron chi connectivity index (χ0n) is 13.8. The van der Waals surface area contributed by atoms with Crippen LogP contribution >= 0.6 is 0 Å². The highest BCUT2D eigenvalue weighted by Crippen LogP contribution is 2.21. The predicted molar refractivity (Wildman–Crippen MR) is 80.4 cm³/mol. The van der Waals surface area contributed by atoms with E-state index in [9.17, 15) is 0 Å². The van der Waals surface area contributed by atoms with Crippen molar-refractivity contribution in [2.75, 3.05) is 19.8 Å². The Labute approximate surface area is 120 Å². The molecule has 0 saturated carbocycles. The van der Waals surface area contributed by atoms with Crippen molar-refractivity contribution in [3.63, 3.8) is 0 Å². The minimum Gasteiger partial charge on any atom is -0.376 e. The van der Waals surface area contributed by atoms with Gasteiger partial charge in [-0.25, -0.2) is 0 Å². The standard InChI is InChI=1S/C16H34O3/c1-7-17-15(4)18-13-11-14(3)10-9-12-16(5,6)19-8-2/h14-15H,7-13H2,1-6H3. The molecule has 0 aromatic rings. The Morgan fingerprint density at radius 1 is 0.947 bits per heavy atom. The van der Waals surface area contributed by atoms with Gasteiger partial charge in [0.15, 0.2) is 6.29 Å². The van der Waals surface area contributed by atoms with Gasteiger partial charge in [0.2, 0.25) is 0 Å². The first-order chi connectivity index (χ1) is 8.91. The molecule has 0 radical (unpaired) electrons. The summed E-state index contributed by atoms with van der Waals surface area (Å²) in [6, 6.07) is 0. The third-order valence-corrected chi connectivity index (χ3v) is 3.38. The van der Waals surface area contributed by atoms with Gasteiger partial charge in [0, 0.05) is 19.8 Å². The maximum Gasteiger partial charge on any atom is 0.154 e. The first-order valence-corrected chi connectivity index (χ1v) is 7.78. The zero-order valence-corrected chi connectivity index (χ0v) is 13.8. The van der Waals surface area contributed by atoms with E-state index in [4.69, 9.17) is 14.2 Å². The second kappa shape index (κ2) is 10.6. The maximum absolute atomic E-state index is 5.71. The van der Waals surface area contributed by atoms with Gasteiger partial charge in [-0.1, -0.05) is 19.8 Å². The average molecular weight is 274 g/mol. The fourth-order valence-electron chi connectivity index (χ4n) is 2.20. The second-order valence-electron chi connectivity index (χ2n) is 5.87. The van der Waals surface area contributed by atoms with E-state index in [1.165, 1.54) is 12.8 Å². The quantitative estimate of drug-likeness (QED) is 0.494. The second-order valence-corrected chi connectivity index (χ2v) is 5.87. The molecule has 0 aliphatic rings. The van der Waals surface area contributed by atoms with Crippen LogP contribution in [0.2, 0.25) is 0 Å². The largest absolute Gasteiger partial charge is 0.376 e. The Morgan fingerprint density at radius 2 is 1.63 bits per heavy atom. The molecule has 116 valence electrons. The van der Waals surface area contributed by atoms with Gasteiger partial charge in [-0.3, -0.25) is 0 Å². The van der Waals surface area contributed by atoms with Crippen LogP contribution in [-0.2, 0) is 14.2 Å². The lowest BCUT2D eigenvalue weighted by atomic mass is 9.95. The molecule has 3 nitrogen and oxygen atoms in total. The van der Waals surface area contributed by atoms with Crippen LogP contribution in [0.4, 0.5) is 0 Å². The summed E-state index contributed by atoms with van der Waals surface area (Å²) in [7, 11) is 0. The Kier molecular flexibility index (Phi) is 10.6. The van der Waals surface area contributed by atoms with Crippen molar-refractivity contribution >= 4 is 0 Å². The van der Waals surface area contributed by atoms with Crippen molar-refractivity contribution in [1.29, 1.82) is 0 Å². The summed E-state index contributed by atoms with van der Waals surface area (Å²) < 4.78 is 16.6. The van der Waals surface area contributed by atoms with Gasteiger partial charge >= 0.3 is 0 Å². The van der Waals surface area contributed by atoms with E-state index in [0.717, 1.165) is 26.1 Å². The van der Waals surface area contributed by atoms with Crippen LogP contribution in [-0.4, -0.2) is 31.7 Å². The Morgan fingerprint density at radius 3 is 2.21 bits per heavy atom. The molecule has 0 fully saturated rings. The van der Waals surface area contributed by atoms with E-state index < -0.39 is 0 Å². The Balaban J connectivity index is 3.56. The highest BCUT2D eigenvalue weighted by molar-refractivity contribution is 4.69. The lowest BCUT2D eigenvalue weighted by Gasteiger charge is -2.25. The van der Waals surface area contributed by atoms with Crippen LogP contribution in [0.15, 0.2) is 0 Å². The lowest BCUT2D eigenvalue weighted by Crippen LogP contribution is -2.24. The van der Waals surface area contributed by atoms with E-state index in [0.29, 0.717) is 12.5 Å². The molecule has 0 bridgehead atoms. The van der Waals surface area contributed by atoms with Crippen LogP contribution in [0.1, 0.15) is 67.2 Å². The highest BCUT2D eigenvalue weighted by atomic mass is 16.7. The van der Waals surface area contributed by atoms with Crippen LogP contribution in [0.5, 0.6) is 0 Å². The molecule has 0 spiro atoms. The zero-order chi connectivity index (χ0) is 14.7. The molecule has 2 unspecified atom stereocenters. The van der Waals surface area contributed by atoms with Crippen molar-refractivity contribution in [2.45, 2.75) is 79.1 Å². The summed E-state index contributed by atoms with van der Waals surface area (Å²) in [6.45, 7) is 14.9. The molecule has 19 heavy (non-hydrogen) atoms. The van der Waals surface area contributed by atoms with Gasteiger partial charge < -0.3 is 14.2 Å². The van der Waals surface area contributed by atoms with E-state index in [1.807, 2.05) is 13.8 Å². The fraction of sp³-hybridized carbons (Fsp3) is 1.00. The molecule has 0 aliphatic carbocycles. The fourth-order valence-corrected chi connectivity index (χ4v) is 2.20. The van der Waals surface area contributed by atoms with Gasteiger partial charge in [-0.15, -0.1) is 0 Å². The lowest BCUT2D eigenvalue weighted by molar-refractivity contribution is -0.129. The molecular weight excluding hydrogens is 240 g/mol. The molecule has 0 heterocycles. The third kappa shape index (κ3) is 11.4. The van der Waals surface area contributed by atoms with Crippen LogP contribution in [0.3, 0.4) is 0 Å². The van der Waals surface area contributed by atoms with Crippen LogP contribution in [0.25, 0.3) is 0 Å². The van der Waals surface area contributed by atoms with Gasteiger partial charge in [0.25, 0.3) is 0 Å². The maximum atomic E-state index is 5.71. The Bertz CT molecular complexity index is 204. The van der Waals surface area contributed by atoms with Crippen LogP contribution < -0.4 is 0 Å². The third-order valence-electron chi connectivity index (χ3n) is 3.38. The number of ether oxygens (including phenoxy) is 3. The topological polar surface area (TPSA) is 27.7 Å². The number of hydrogen-bond acceptors (Lipinski definition) is 3. The Hall–Kier alpha value is -0.120. The van der Waals surface area contributed by atoms with Crippen molar-refractivity contribution in [3.8, 4) is 0 Å². The van der Waals surface area contributed by atoms with E-state index in [2.05, 4.69) is 27.7 Å². The summed E-state index contributed by atoms with van der Waals surface area (Å²) in [5.74, 6) is 0.700. The molecule has 0 aromatic carbocycles. The molecule has 0 N–H and O–H groups in total. The van der Waals surface area contributed by atoms with E-state index in [-0.39, 0.29) is 11.9 Å². The molecule has 0 saturated heterocycles. The normalized spacial score (nSPS) is 15.5.